The highest BCUT2D eigenvalue weighted by Gasteiger charge is 2.14. The quantitative estimate of drug-likeness (QED) is 0.444. The van der Waals surface area contributed by atoms with Crippen LogP contribution in [-0.4, -0.2) is 17.8 Å². The molecule has 0 aliphatic carbocycles. The molecule has 0 spiro atoms. The summed E-state index contributed by atoms with van der Waals surface area (Å²) in [5.41, 5.74) is 3.79. The van der Waals surface area contributed by atoms with Gasteiger partial charge in [-0.15, -0.1) is 0 Å². The fourth-order valence-corrected chi connectivity index (χ4v) is 1.94. The first-order valence-electron chi connectivity index (χ1n) is 8.07. The molecular weight excluding hydrogens is 304 g/mol. The van der Waals surface area contributed by atoms with Crippen LogP contribution in [0.5, 0.6) is 5.75 Å². The van der Waals surface area contributed by atoms with Gasteiger partial charge < -0.3 is 9.15 Å². The lowest BCUT2D eigenvalue weighted by Crippen LogP contribution is -2.00. The van der Waals surface area contributed by atoms with E-state index in [0.29, 0.717) is 12.5 Å². The van der Waals surface area contributed by atoms with E-state index in [1.165, 1.54) is 0 Å². The molecule has 1 N–H and O–H groups in total. The second kappa shape index (κ2) is 8.73. The molecule has 1 aromatic heterocycles. The van der Waals surface area contributed by atoms with Crippen molar-refractivity contribution in [1.82, 2.24) is 4.98 Å². The predicted molar refractivity (Wildman–Crippen MR) is 93.4 cm³/mol. The zero-order valence-electron chi connectivity index (χ0n) is 14.2. The van der Waals surface area contributed by atoms with Gasteiger partial charge in [-0.05, 0) is 18.6 Å². The number of hydrazone groups is 1. The van der Waals surface area contributed by atoms with Gasteiger partial charge in [0.2, 0.25) is 11.6 Å². The zero-order chi connectivity index (χ0) is 17.4. The number of nitrogens with zero attached hydrogens (tertiary/aromatic N) is 3. The summed E-state index contributed by atoms with van der Waals surface area (Å²) in [7, 11) is 0. The highest BCUT2D eigenvalue weighted by molar-refractivity contribution is 5.83. The fraction of sp³-hybridized carbons (Fsp3) is 0.389. The van der Waals surface area contributed by atoms with Gasteiger partial charge in [-0.1, -0.05) is 39.3 Å². The number of nitrogens with one attached hydrogen (secondary N) is 1. The molecule has 0 saturated carbocycles. The maximum atomic E-state index is 9.11. The van der Waals surface area contributed by atoms with Crippen LogP contribution in [0.2, 0.25) is 0 Å². The summed E-state index contributed by atoms with van der Waals surface area (Å²) >= 11 is 0. The average Bonchev–Trinajstić information content (AvgIpc) is 3.00. The molecule has 126 valence electrons. The molecule has 0 saturated heterocycles. The number of hydrogen-bond acceptors (Lipinski definition) is 6. The molecule has 1 aromatic carbocycles. The van der Waals surface area contributed by atoms with Crippen LogP contribution in [0.3, 0.4) is 0 Å². The van der Waals surface area contributed by atoms with Gasteiger partial charge in [0.05, 0.1) is 12.8 Å². The van der Waals surface area contributed by atoms with Crippen molar-refractivity contribution in [2.75, 3.05) is 12.0 Å². The molecule has 0 aliphatic heterocycles. The lowest BCUT2D eigenvalue weighted by Gasteiger charge is -2.07. The lowest BCUT2D eigenvalue weighted by molar-refractivity contribution is 0.309. The zero-order valence-corrected chi connectivity index (χ0v) is 14.2. The second-order valence-corrected chi connectivity index (χ2v) is 5.61. The summed E-state index contributed by atoms with van der Waals surface area (Å²) in [5, 5.41) is 13.3. The van der Waals surface area contributed by atoms with Crippen LogP contribution in [0.4, 0.5) is 5.88 Å². The molecule has 1 heterocycles. The number of benzene rings is 1. The van der Waals surface area contributed by atoms with E-state index in [9.17, 15) is 0 Å². The Morgan fingerprint density at radius 2 is 2.21 bits per heavy atom. The fourth-order valence-electron chi connectivity index (χ4n) is 1.94. The Kier molecular flexibility index (Phi) is 6.38. The lowest BCUT2D eigenvalue weighted by atomic mass is 10.2. The Morgan fingerprint density at radius 1 is 1.42 bits per heavy atom. The summed E-state index contributed by atoms with van der Waals surface area (Å²) in [6.45, 7) is 6.69. The third-order valence-corrected chi connectivity index (χ3v) is 3.29. The van der Waals surface area contributed by atoms with Crippen LogP contribution in [0.1, 0.15) is 56.7 Å². The molecular formula is C18H22N4O2. The van der Waals surface area contributed by atoms with Crippen molar-refractivity contribution in [1.29, 1.82) is 5.26 Å². The summed E-state index contributed by atoms with van der Waals surface area (Å²) in [5.74, 6) is 1.64. The van der Waals surface area contributed by atoms with Gasteiger partial charge in [-0.2, -0.15) is 10.4 Å². The van der Waals surface area contributed by atoms with E-state index < -0.39 is 0 Å². The minimum atomic E-state index is 0.101. The van der Waals surface area contributed by atoms with Crippen molar-refractivity contribution >= 4 is 12.1 Å². The van der Waals surface area contributed by atoms with Crippen LogP contribution in [0.15, 0.2) is 33.8 Å². The first-order chi connectivity index (χ1) is 11.7. The third kappa shape index (κ3) is 4.59. The van der Waals surface area contributed by atoms with Gasteiger partial charge in [0, 0.05) is 11.5 Å². The molecule has 0 unspecified atom stereocenters. The van der Waals surface area contributed by atoms with Gasteiger partial charge >= 0.3 is 0 Å². The van der Waals surface area contributed by atoms with Crippen molar-refractivity contribution < 1.29 is 9.15 Å². The van der Waals surface area contributed by atoms with Crippen molar-refractivity contribution in [2.24, 2.45) is 5.10 Å². The molecule has 0 fully saturated rings. The van der Waals surface area contributed by atoms with Crippen molar-refractivity contribution in [3.05, 3.63) is 41.4 Å². The molecule has 6 nitrogen and oxygen atoms in total. The van der Waals surface area contributed by atoms with E-state index in [1.54, 1.807) is 6.21 Å². The predicted octanol–water partition coefficient (Wildman–Crippen LogP) is 4.29. The van der Waals surface area contributed by atoms with Crippen LogP contribution < -0.4 is 10.2 Å². The third-order valence-electron chi connectivity index (χ3n) is 3.29. The Bertz CT molecular complexity index is 729. The Labute approximate surface area is 142 Å². The topological polar surface area (TPSA) is 83.4 Å². The molecule has 0 radical (unpaired) electrons. The van der Waals surface area contributed by atoms with E-state index in [2.05, 4.69) is 22.4 Å². The maximum Gasteiger partial charge on any atom is 0.252 e. The minimum Gasteiger partial charge on any atom is -0.493 e. The van der Waals surface area contributed by atoms with Gasteiger partial charge in [0.25, 0.3) is 5.88 Å². The number of nitriles is 1. The highest BCUT2D eigenvalue weighted by atomic mass is 16.5. The standard InChI is InChI=1S/C18H22N4O2/c1-4-5-10-23-16-9-7-6-8-14(16)12-20-22-18-15(11-19)21-17(24-18)13(2)3/h6-9,12-13,22H,4-5,10H2,1-3H3. The number of aromatic nitrogens is 1. The number of ether oxygens (including phenoxy) is 1. The van der Waals surface area contributed by atoms with Gasteiger partial charge in [0.1, 0.15) is 11.8 Å². The molecule has 0 aliphatic rings. The number of hydrogen-bond donors (Lipinski definition) is 1. The monoisotopic (exact) mass is 326 g/mol. The van der Waals surface area contributed by atoms with E-state index in [4.69, 9.17) is 14.4 Å². The Morgan fingerprint density at radius 3 is 2.92 bits per heavy atom. The number of rotatable bonds is 8. The Balaban J connectivity index is 2.08. The molecule has 0 amide bonds. The number of unbranched alkanes of at least 4 members (excludes halogenated alkanes) is 1. The van der Waals surface area contributed by atoms with Gasteiger partial charge in [-0.3, -0.25) is 0 Å². The Hall–Kier alpha value is -2.81. The average molecular weight is 326 g/mol. The van der Waals surface area contributed by atoms with Crippen LogP contribution >= 0.6 is 0 Å². The smallest absolute Gasteiger partial charge is 0.252 e. The summed E-state index contributed by atoms with van der Waals surface area (Å²) in [6, 6.07) is 9.66. The van der Waals surface area contributed by atoms with E-state index in [1.807, 2.05) is 44.2 Å². The molecule has 0 bridgehead atoms. The van der Waals surface area contributed by atoms with E-state index >= 15 is 0 Å². The molecule has 6 heteroatoms. The molecule has 0 atom stereocenters. The number of para-hydroxylation sites is 1. The molecule has 2 rings (SSSR count). The first-order valence-corrected chi connectivity index (χ1v) is 8.07. The van der Waals surface area contributed by atoms with E-state index in [0.717, 1.165) is 24.2 Å². The largest absolute Gasteiger partial charge is 0.493 e. The van der Waals surface area contributed by atoms with Crippen molar-refractivity contribution in [3.8, 4) is 11.8 Å². The van der Waals surface area contributed by atoms with Crippen LogP contribution in [-0.2, 0) is 0 Å². The van der Waals surface area contributed by atoms with Crippen molar-refractivity contribution in [3.63, 3.8) is 0 Å². The molecule has 24 heavy (non-hydrogen) atoms. The number of oxazole rings is 1. The second-order valence-electron chi connectivity index (χ2n) is 5.61. The SMILES string of the molecule is CCCCOc1ccccc1C=NNc1oc(C(C)C)nc1C#N. The van der Waals surface area contributed by atoms with Gasteiger partial charge in [0.15, 0.2) is 0 Å². The van der Waals surface area contributed by atoms with Crippen LogP contribution in [0, 0.1) is 11.3 Å². The van der Waals surface area contributed by atoms with E-state index in [-0.39, 0.29) is 17.5 Å². The van der Waals surface area contributed by atoms with Crippen molar-refractivity contribution in [2.45, 2.75) is 39.5 Å². The summed E-state index contributed by atoms with van der Waals surface area (Å²) in [4.78, 5) is 4.13. The normalized spacial score (nSPS) is 11.0. The minimum absolute atomic E-state index is 0.101. The number of anilines is 1. The summed E-state index contributed by atoms with van der Waals surface area (Å²) < 4.78 is 11.3. The molecule has 2 aromatic rings. The maximum absolute atomic E-state index is 9.11. The summed E-state index contributed by atoms with van der Waals surface area (Å²) in [6.07, 6.45) is 3.73. The van der Waals surface area contributed by atoms with Crippen LogP contribution in [0.25, 0.3) is 0 Å². The highest BCUT2D eigenvalue weighted by Crippen LogP contribution is 2.22. The van der Waals surface area contributed by atoms with Gasteiger partial charge in [-0.25, -0.2) is 10.4 Å². The first kappa shape index (κ1) is 17.5.